The van der Waals surface area contributed by atoms with Crippen molar-refractivity contribution in [1.82, 2.24) is 19.1 Å². The fraction of sp³-hybridized carbons (Fsp3) is 0. The van der Waals surface area contributed by atoms with Crippen LogP contribution in [0.1, 0.15) is 0 Å². The zero-order valence-electron chi connectivity index (χ0n) is 37.2. The first-order chi connectivity index (χ1) is 34.5. The Labute approximate surface area is 403 Å². The maximum absolute atomic E-state index is 8.31. The molecule has 0 amide bonds. The lowest BCUT2D eigenvalue weighted by atomic mass is 9.95. The Kier molecular flexibility index (Phi) is 9.86. The monoisotopic (exact) mass is 890 g/mol. The van der Waals surface area contributed by atoms with E-state index in [4.69, 9.17) is 36.3 Å². The summed E-state index contributed by atoms with van der Waals surface area (Å²) in [5, 5.41) is 4.74. The summed E-state index contributed by atoms with van der Waals surface area (Å²) in [5.74, 6) is 0.461. The van der Waals surface area contributed by atoms with E-state index in [1.54, 1.807) is 24.3 Å². The van der Waals surface area contributed by atoms with E-state index in [0.29, 0.717) is 51.1 Å². The molecule has 0 aliphatic rings. The van der Waals surface area contributed by atoms with Gasteiger partial charge in [0.25, 0.3) is 0 Å². The van der Waals surface area contributed by atoms with Crippen molar-refractivity contribution in [2.45, 2.75) is 0 Å². The number of rotatable bonds is 7. The van der Waals surface area contributed by atoms with Crippen molar-refractivity contribution in [3.63, 3.8) is 0 Å². The van der Waals surface area contributed by atoms with Crippen LogP contribution < -0.4 is 0 Å². The van der Waals surface area contributed by atoms with Crippen LogP contribution in [-0.2, 0) is 0 Å². The smallest absolute Gasteiger partial charge is 0.187 e. The summed E-state index contributed by atoms with van der Waals surface area (Å²) >= 11 is 0. The Balaban J connectivity index is 0.888. The lowest BCUT2D eigenvalue weighted by Crippen LogP contribution is -1.96. The second-order valence-electron chi connectivity index (χ2n) is 16.9. The highest BCUT2D eigenvalue weighted by Gasteiger charge is 2.19. The van der Waals surface area contributed by atoms with Gasteiger partial charge in [0.05, 0.1) is 59.7 Å². The molecule has 0 unspecified atom stereocenters. The number of aromatic nitrogens is 4. The van der Waals surface area contributed by atoms with Crippen LogP contribution >= 0.6 is 0 Å². The van der Waals surface area contributed by atoms with Crippen LogP contribution in [0.15, 0.2) is 206 Å². The Morgan fingerprint density at radius 1 is 0.314 bits per heavy atom. The highest BCUT2D eigenvalue weighted by atomic mass is 15.0. The van der Waals surface area contributed by atoms with Gasteiger partial charge in [-0.2, -0.15) is 0 Å². The van der Waals surface area contributed by atoms with Gasteiger partial charge in [0.1, 0.15) is 0 Å². The second kappa shape index (κ2) is 16.8. The molecule has 12 aromatic rings. The maximum atomic E-state index is 8.31. The molecule has 0 N–H and O–H groups in total. The topological polar surface area (TPSA) is 53.1 Å². The largest absolute Gasteiger partial charge is 0.309 e. The van der Waals surface area contributed by atoms with Gasteiger partial charge in [-0.1, -0.05) is 140 Å². The fourth-order valence-electron chi connectivity index (χ4n) is 9.76. The molecule has 12 rings (SSSR count). The molecule has 0 aliphatic heterocycles. The van der Waals surface area contributed by atoms with Crippen molar-refractivity contribution in [2.75, 3.05) is 0 Å². The van der Waals surface area contributed by atoms with E-state index in [1.807, 2.05) is 78.9 Å². The summed E-state index contributed by atoms with van der Waals surface area (Å²) in [6.45, 7) is 31.7. The first-order valence-corrected chi connectivity index (χ1v) is 22.5. The Morgan fingerprint density at radius 2 is 0.786 bits per heavy atom. The summed E-state index contributed by atoms with van der Waals surface area (Å²) in [6.07, 6.45) is 0. The van der Waals surface area contributed by atoms with E-state index in [1.165, 1.54) is 10.8 Å². The molecule has 0 bridgehead atoms. The summed E-state index contributed by atoms with van der Waals surface area (Å²) in [4.78, 5) is 25.0. The van der Waals surface area contributed by atoms with Crippen LogP contribution in [0.25, 0.3) is 131 Å². The van der Waals surface area contributed by atoms with Gasteiger partial charge >= 0.3 is 0 Å². The lowest BCUT2D eigenvalue weighted by Gasteiger charge is -2.14. The number of hydrogen-bond donors (Lipinski definition) is 0. The van der Waals surface area contributed by atoms with E-state index in [9.17, 15) is 0 Å². The normalized spacial score (nSPS) is 11.1. The highest BCUT2D eigenvalue weighted by molar-refractivity contribution is 6.12. The van der Waals surface area contributed by atoms with Crippen molar-refractivity contribution in [2.24, 2.45) is 0 Å². The van der Waals surface area contributed by atoms with Gasteiger partial charge in [-0.15, -0.1) is 0 Å². The average molecular weight is 891 g/mol. The highest BCUT2D eigenvalue weighted by Crippen LogP contribution is 2.44. The average Bonchev–Trinajstić information content (AvgIpc) is 3.95. The van der Waals surface area contributed by atoms with E-state index < -0.39 is 0 Å². The Bertz CT molecular complexity index is 4120. The first kappa shape index (κ1) is 41.1. The number of benzene rings is 9. The van der Waals surface area contributed by atoms with E-state index in [-0.39, 0.29) is 0 Å². The summed E-state index contributed by atoms with van der Waals surface area (Å²) in [5.41, 5.74) is 15.0. The predicted octanol–water partition coefficient (Wildman–Crippen LogP) is 17.2. The number of para-hydroxylation sites is 3. The molecule has 3 aromatic heterocycles. The van der Waals surface area contributed by atoms with Crippen LogP contribution in [0.4, 0.5) is 22.7 Å². The van der Waals surface area contributed by atoms with Crippen LogP contribution in [-0.4, -0.2) is 19.1 Å². The maximum Gasteiger partial charge on any atom is 0.187 e. The third-order valence-corrected chi connectivity index (χ3v) is 13.0. The van der Waals surface area contributed by atoms with Gasteiger partial charge in [-0.05, 0) is 94.5 Å². The van der Waals surface area contributed by atoms with E-state index in [0.717, 1.165) is 72.0 Å². The minimum atomic E-state index is 0.392. The van der Waals surface area contributed by atoms with Gasteiger partial charge in [0.15, 0.2) is 28.6 Å². The van der Waals surface area contributed by atoms with Gasteiger partial charge in [-0.3, -0.25) is 0 Å². The van der Waals surface area contributed by atoms with Gasteiger partial charge in [0.2, 0.25) is 0 Å². The quantitative estimate of drug-likeness (QED) is 0.150. The molecule has 0 saturated heterocycles. The molecular formula is C62H34N8. The fourth-order valence-corrected chi connectivity index (χ4v) is 9.76. The van der Waals surface area contributed by atoms with E-state index >= 15 is 0 Å². The van der Waals surface area contributed by atoms with Crippen molar-refractivity contribution in [3.05, 3.63) is 252 Å². The molecule has 70 heavy (non-hydrogen) atoms. The minimum Gasteiger partial charge on any atom is -0.309 e. The van der Waals surface area contributed by atoms with Crippen molar-refractivity contribution >= 4 is 66.4 Å². The summed E-state index contributed by atoms with van der Waals surface area (Å²) < 4.78 is 4.63. The molecule has 0 atom stereocenters. The minimum absolute atomic E-state index is 0.392. The molecule has 8 heteroatoms. The van der Waals surface area contributed by atoms with E-state index in [2.05, 4.69) is 132 Å². The molecule has 8 nitrogen and oxygen atoms in total. The zero-order chi connectivity index (χ0) is 47.3. The summed E-state index contributed by atoms with van der Waals surface area (Å²) in [7, 11) is 0. The summed E-state index contributed by atoms with van der Waals surface area (Å²) in [6, 6.07) is 68.5. The van der Waals surface area contributed by atoms with Crippen molar-refractivity contribution in [3.8, 4) is 67.5 Å². The van der Waals surface area contributed by atoms with Crippen LogP contribution in [0.5, 0.6) is 0 Å². The van der Waals surface area contributed by atoms with Gasteiger partial charge in [0, 0.05) is 44.0 Å². The molecule has 3 heterocycles. The molecule has 9 aromatic carbocycles. The Hall–Kier alpha value is -10.4. The number of nitrogens with zero attached hydrogens (tertiary/aromatic N) is 8. The molecule has 322 valence electrons. The third-order valence-electron chi connectivity index (χ3n) is 13.0. The van der Waals surface area contributed by atoms with Crippen LogP contribution in [0.3, 0.4) is 0 Å². The van der Waals surface area contributed by atoms with Gasteiger partial charge in [-0.25, -0.2) is 29.3 Å². The number of fused-ring (bicyclic) bond motifs is 6. The molecular weight excluding hydrogens is 857 g/mol. The van der Waals surface area contributed by atoms with Crippen molar-refractivity contribution < 1.29 is 0 Å². The molecule has 0 saturated carbocycles. The number of hydrogen-bond acceptors (Lipinski definition) is 2. The van der Waals surface area contributed by atoms with Crippen molar-refractivity contribution in [1.29, 1.82) is 0 Å². The standard InChI is InChI=1S/C62H34N8/c1-63-45-15-11-13-42(33-45)54-38-53(67-62(68-54)43-14-12-16-46(34-43)64-2)40-25-23-39(24-26-40)44-35-55(65-3)61(56(36-44)66-4)41-27-29-47(30-28-41)69-59-22-10-7-19-51(59)52-37-48(31-32-60(52)69)70-57-20-8-5-17-49(57)50-18-6-9-21-58(50)70/h5-38H. The van der Waals surface area contributed by atoms with Gasteiger partial charge < -0.3 is 9.13 Å². The first-order valence-electron chi connectivity index (χ1n) is 22.5. The van der Waals surface area contributed by atoms with Crippen LogP contribution in [0.2, 0.25) is 0 Å². The Morgan fingerprint density at radius 3 is 1.37 bits per heavy atom. The SMILES string of the molecule is [C-]#[N+]c1cccc(-c2cc(-c3ccc(-c4cc([N+]#[C-])c(-c5ccc(-n6c7ccccc7c7cc(-n8c9ccccc9c9ccccc98)ccc76)cc5)c([N+]#[C-])c4)cc3)nc(-c3cccc([N+]#[C-])c3)n2)c1. The molecule has 0 fully saturated rings. The molecule has 0 radical (unpaired) electrons. The second-order valence-corrected chi connectivity index (χ2v) is 16.9. The van der Waals surface area contributed by atoms with Crippen LogP contribution in [0, 0.1) is 26.3 Å². The predicted molar refractivity (Wildman–Crippen MR) is 283 cm³/mol. The molecule has 0 aliphatic carbocycles. The molecule has 0 spiro atoms. The zero-order valence-corrected chi connectivity index (χ0v) is 37.2. The third kappa shape index (κ3) is 6.90. The lowest BCUT2D eigenvalue weighted by molar-refractivity contribution is 1.17.